The molecule has 2 aromatic rings. The largest absolute Gasteiger partial charge is 0.494 e. The minimum absolute atomic E-state index is 0.176. The number of hydrogen-bond donors (Lipinski definition) is 3. The number of rotatable bonds is 5. The molecule has 4 N–H and O–H groups in total. The van der Waals surface area contributed by atoms with Crippen molar-refractivity contribution >= 4 is 0 Å². The van der Waals surface area contributed by atoms with Crippen molar-refractivity contribution in [1.82, 2.24) is 20.8 Å². The third-order valence-corrected chi connectivity index (χ3v) is 2.42. The lowest BCUT2D eigenvalue weighted by Crippen LogP contribution is -2.29. The van der Waals surface area contributed by atoms with Crippen molar-refractivity contribution in [2.24, 2.45) is 5.84 Å². The molecule has 0 saturated heterocycles. The predicted octanol–water partition coefficient (Wildman–Crippen LogP) is 0.756. The van der Waals surface area contributed by atoms with E-state index >= 15 is 0 Å². The van der Waals surface area contributed by atoms with Crippen molar-refractivity contribution in [3.8, 4) is 5.75 Å². The fraction of sp³-hybridized carbons (Fsp3) is 0.273. The van der Waals surface area contributed by atoms with E-state index in [2.05, 4.69) is 20.8 Å². The van der Waals surface area contributed by atoms with E-state index in [0.717, 1.165) is 17.0 Å². The molecule has 0 saturated carbocycles. The summed E-state index contributed by atoms with van der Waals surface area (Å²) in [7, 11) is 0. The first-order chi connectivity index (χ1) is 8.35. The highest BCUT2D eigenvalue weighted by Gasteiger charge is 2.14. The minimum Gasteiger partial charge on any atom is -0.494 e. The molecule has 1 aromatic carbocycles. The molecule has 2 rings (SSSR count). The summed E-state index contributed by atoms with van der Waals surface area (Å²) in [5, 5.41) is 10.3. The van der Waals surface area contributed by atoms with Gasteiger partial charge in [-0.25, -0.2) is 5.43 Å². The minimum atomic E-state index is -0.176. The third kappa shape index (κ3) is 2.61. The molecule has 6 nitrogen and oxygen atoms in total. The second-order valence-electron chi connectivity index (χ2n) is 3.50. The average Bonchev–Trinajstić information content (AvgIpc) is 2.86. The van der Waals surface area contributed by atoms with Gasteiger partial charge in [0.05, 0.1) is 18.8 Å². The van der Waals surface area contributed by atoms with E-state index in [1.165, 1.54) is 0 Å². The number of aromatic amines is 1. The van der Waals surface area contributed by atoms with Gasteiger partial charge < -0.3 is 4.74 Å². The Morgan fingerprint density at radius 2 is 2.18 bits per heavy atom. The van der Waals surface area contributed by atoms with Crippen molar-refractivity contribution in [1.29, 1.82) is 0 Å². The Morgan fingerprint density at radius 3 is 2.71 bits per heavy atom. The van der Waals surface area contributed by atoms with Gasteiger partial charge in [0, 0.05) is 0 Å². The second kappa shape index (κ2) is 5.42. The van der Waals surface area contributed by atoms with Crippen LogP contribution in [-0.4, -0.2) is 22.0 Å². The topological polar surface area (TPSA) is 88.9 Å². The van der Waals surface area contributed by atoms with Gasteiger partial charge in [0.25, 0.3) is 0 Å². The lowest BCUT2D eigenvalue weighted by atomic mass is 10.1. The zero-order chi connectivity index (χ0) is 12.1. The van der Waals surface area contributed by atoms with Gasteiger partial charge in [-0.15, -0.1) is 0 Å². The maximum atomic E-state index is 5.53. The van der Waals surface area contributed by atoms with Gasteiger partial charge in [-0.2, -0.15) is 15.4 Å². The number of aromatic nitrogens is 3. The Morgan fingerprint density at radius 1 is 1.41 bits per heavy atom. The molecule has 1 aromatic heterocycles. The third-order valence-electron chi connectivity index (χ3n) is 2.42. The molecule has 0 spiro atoms. The van der Waals surface area contributed by atoms with Crippen LogP contribution in [-0.2, 0) is 0 Å². The second-order valence-corrected chi connectivity index (χ2v) is 3.50. The van der Waals surface area contributed by atoms with Crippen molar-refractivity contribution < 1.29 is 4.74 Å². The van der Waals surface area contributed by atoms with Crippen LogP contribution >= 0.6 is 0 Å². The van der Waals surface area contributed by atoms with Crippen LogP contribution in [0, 0.1) is 0 Å². The first-order valence-electron chi connectivity index (χ1n) is 5.39. The molecular formula is C11H15N5O. The van der Waals surface area contributed by atoms with E-state index < -0.39 is 0 Å². The van der Waals surface area contributed by atoms with Crippen molar-refractivity contribution in [3.05, 3.63) is 41.7 Å². The Kier molecular flexibility index (Phi) is 3.69. The summed E-state index contributed by atoms with van der Waals surface area (Å²) in [4.78, 5) is 0. The highest BCUT2D eigenvalue weighted by Crippen LogP contribution is 2.21. The molecule has 0 amide bonds. The quantitative estimate of drug-likeness (QED) is 0.524. The Balaban J connectivity index is 2.20. The van der Waals surface area contributed by atoms with Gasteiger partial charge in [0.15, 0.2) is 0 Å². The van der Waals surface area contributed by atoms with Crippen molar-refractivity contribution in [3.63, 3.8) is 0 Å². The maximum Gasteiger partial charge on any atom is 0.119 e. The fourth-order valence-corrected chi connectivity index (χ4v) is 1.63. The summed E-state index contributed by atoms with van der Waals surface area (Å²) < 4.78 is 5.38. The molecule has 17 heavy (non-hydrogen) atoms. The van der Waals surface area contributed by atoms with Crippen molar-refractivity contribution in [2.75, 3.05) is 6.61 Å². The smallest absolute Gasteiger partial charge is 0.119 e. The van der Waals surface area contributed by atoms with E-state index in [1.54, 1.807) is 6.20 Å². The Bertz CT molecular complexity index is 439. The first-order valence-corrected chi connectivity index (χ1v) is 5.39. The molecule has 90 valence electrons. The van der Waals surface area contributed by atoms with Crippen LogP contribution < -0.4 is 16.0 Å². The predicted molar refractivity (Wildman–Crippen MR) is 63.2 cm³/mol. The standard InChI is InChI=1S/C11H15N5O/c1-2-17-9-5-3-8(4-6-9)11(14-12)10-7-13-16-15-10/h3-7,11,14H,2,12H2,1H3,(H,13,15,16). The molecule has 6 heteroatoms. The summed E-state index contributed by atoms with van der Waals surface area (Å²) in [5.41, 5.74) is 4.46. The number of nitrogens with zero attached hydrogens (tertiary/aromatic N) is 2. The fourth-order valence-electron chi connectivity index (χ4n) is 1.63. The highest BCUT2D eigenvalue weighted by molar-refractivity contribution is 5.32. The molecular weight excluding hydrogens is 218 g/mol. The van der Waals surface area contributed by atoms with Gasteiger partial charge in [0.2, 0.25) is 0 Å². The lowest BCUT2D eigenvalue weighted by molar-refractivity contribution is 0.340. The molecule has 1 atom stereocenters. The van der Waals surface area contributed by atoms with Crippen LogP contribution in [0.2, 0.25) is 0 Å². The van der Waals surface area contributed by atoms with Crippen LogP contribution in [0.4, 0.5) is 0 Å². The van der Waals surface area contributed by atoms with Gasteiger partial charge in [-0.1, -0.05) is 12.1 Å². The maximum absolute atomic E-state index is 5.53. The molecule has 0 radical (unpaired) electrons. The van der Waals surface area contributed by atoms with Crippen LogP contribution in [0.1, 0.15) is 24.2 Å². The number of benzene rings is 1. The summed E-state index contributed by atoms with van der Waals surface area (Å²) in [5.74, 6) is 6.37. The number of nitrogens with two attached hydrogens (primary N) is 1. The molecule has 0 fully saturated rings. The zero-order valence-electron chi connectivity index (χ0n) is 9.55. The molecule has 0 aliphatic rings. The molecule has 0 aliphatic heterocycles. The molecule has 0 bridgehead atoms. The van der Waals surface area contributed by atoms with Gasteiger partial charge in [-0.05, 0) is 24.6 Å². The van der Waals surface area contributed by atoms with E-state index in [4.69, 9.17) is 10.6 Å². The normalized spacial score (nSPS) is 12.4. The molecule has 1 heterocycles. The number of ether oxygens (including phenoxy) is 1. The zero-order valence-corrected chi connectivity index (χ0v) is 9.55. The SMILES string of the molecule is CCOc1ccc(C(NN)c2cn[nH]n2)cc1. The van der Waals surface area contributed by atoms with Crippen LogP contribution in [0.3, 0.4) is 0 Å². The molecule has 1 unspecified atom stereocenters. The highest BCUT2D eigenvalue weighted by atomic mass is 16.5. The van der Waals surface area contributed by atoms with E-state index in [0.29, 0.717) is 6.61 Å². The number of hydrogen-bond acceptors (Lipinski definition) is 5. The summed E-state index contributed by atoms with van der Waals surface area (Å²) in [6.45, 7) is 2.61. The van der Waals surface area contributed by atoms with E-state index in [-0.39, 0.29) is 6.04 Å². The van der Waals surface area contributed by atoms with Gasteiger partial charge in [0.1, 0.15) is 11.4 Å². The van der Waals surface area contributed by atoms with Gasteiger partial charge in [-0.3, -0.25) is 5.84 Å². The molecule has 0 aliphatic carbocycles. The first kappa shape index (κ1) is 11.6. The van der Waals surface area contributed by atoms with Crippen LogP contribution in [0.15, 0.2) is 30.5 Å². The summed E-state index contributed by atoms with van der Waals surface area (Å²) in [6.07, 6.45) is 1.64. The lowest BCUT2D eigenvalue weighted by Gasteiger charge is -2.13. The number of H-pyrrole nitrogens is 1. The summed E-state index contributed by atoms with van der Waals surface area (Å²) in [6, 6.07) is 7.53. The van der Waals surface area contributed by atoms with E-state index in [9.17, 15) is 0 Å². The summed E-state index contributed by atoms with van der Waals surface area (Å²) >= 11 is 0. The van der Waals surface area contributed by atoms with Crippen molar-refractivity contribution in [2.45, 2.75) is 13.0 Å². The van der Waals surface area contributed by atoms with Crippen LogP contribution in [0.25, 0.3) is 0 Å². The van der Waals surface area contributed by atoms with Crippen LogP contribution in [0.5, 0.6) is 5.75 Å². The van der Waals surface area contributed by atoms with E-state index in [1.807, 2.05) is 31.2 Å². The van der Waals surface area contributed by atoms with Gasteiger partial charge >= 0.3 is 0 Å². The average molecular weight is 233 g/mol. The number of hydrazine groups is 1. The number of nitrogens with one attached hydrogen (secondary N) is 2. The Labute approximate surface area is 99.1 Å². The Hall–Kier alpha value is -1.92. The monoisotopic (exact) mass is 233 g/mol.